The van der Waals surface area contributed by atoms with Crippen LogP contribution in [0.2, 0.25) is 0 Å². The third-order valence-corrected chi connectivity index (χ3v) is 3.61. The molecule has 2 aromatic rings. The van der Waals surface area contributed by atoms with E-state index >= 15 is 0 Å². The monoisotopic (exact) mass is 288 g/mol. The average molecular weight is 288 g/mol. The van der Waals surface area contributed by atoms with Gasteiger partial charge in [-0.15, -0.1) is 0 Å². The van der Waals surface area contributed by atoms with E-state index in [9.17, 15) is 10.1 Å². The number of pyridine rings is 1. The number of allylic oxidation sites excluding steroid dienone is 1. The lowest BCUT2D eigenvalue weighted by atomic mass is 10.0. The summed E-state index contributed by atoms with van der Waals surface area (Å²) in [4.78, 5) is 10.9. The topological polar surface area (TPSA) is 103 Å². The molecule has 3 heterocycles. The zero-order chi connectivity index (χ0) is 15.0. The van der Waals surface area contributed by atoms with Crippen LogP contribution in [0.15, 0.2) is 30.2 Å². The van der Waals surface area contributed by atoms with Crippen molar-refractivity contribution in [3.63, 3.8) is 0 Å². The van der Waals surface area contributed by atoms with Gasteiger partial charge in [0.05, 0.1) is 17.5 Å². The summed E-state index contributed by atoms with van der Waals surface area (Å²) in [5.41, 5.74) is 2.10. The quantitative estimate of drug-likeness (QED) is 0.489. The molecule has 1 aliphatic heterocycles. The predicted octanol–water partition coefficient (Wildman–Crippen LogP) is 0.133. The lowest BCUT2D eigenvalue weighted by Crippen LogP contribution is -2.37. The molecule has 0 radical (unpaired) electrons. The van der Waals surface area contributed by atoms with Crippen molar-refractivity contribution >= 4 is 5.95 Å². The fraction of sp³-hybridized carbons (Fsp3) is 0.333. The standard InChI is InChI=1S/C12H14N7O2/c1-8-4-3-5-17(2)9(8)6-10-11(19(20)21)7-13-12-14-15-16-18(10)12/h3-5,7,10H,6H2,1-2H3,(H,13,14,16)/q+1. The highest BCUT2D eigenvalue weighted by Gasteiger charge is 2.36. The van der Waals surface area contributed by atoms with Gasteiger partial charge in [-0.05, 0) is 23.4 Å². The van der Waals surface area contributed by atoms with E-state index in [0.29, 0.717) is 12.4 Å². The molecule has 1 unspecified atom stereocenters. The molecule has 9 heteroatoms. The van der Waals surface area contributed by atoms with Crippen molar-refractivity contribution in [2.45, 2.75) is 19.4 Å². The third kappa shape index (κ3) is 2.22. The van der Waals surface area contributed by atoms with Crippen LogP contribution in [0.3, 0.4) is 0 Å². The van der Waals surface area contributed by atoms with Gasteiger partial charge in [0, 0.05) is 11.6 Å². The summed E-state index contributed by atoms with van der Waals surface area (Å²) in [6, 6.07) is 3.37. The van der Waals surface area contributed by atoms with Crippen molar-refractivity contribution < 1.29 is 9.49 Å². The zero-order valence-electron chi connectivity index (χ0n) is 11.6. The van der Waals surface area contributed by atoms with Crippen LogP contribution in [-0.2, 0) is 13.5 Å². The zero-order valence-corrected chi connectivity index (χ0v) is 11.6. The molecule has 1 N–H and O–H groups in total. The van der Waals surface area contributed by atoms with Crippen LogP contribution >= 0.6 is 0 Å². The van der Waals surface area contributed by atoms with Gasteiger partial charge < -0.3 is 5.32 Å². The molecule has 0 aliphatic carbocycles. The van der Waals surface area contributed by atoms with Gasteiger partial charge in [-0.3, -0.25) is 10.1 Å². The molecule has 0 amide bonds. The molecule has 3 rings (SSSR count). The summed E-state index contributed by atoms with van der Waals surface area (Å²) < 4.78 is 3.41. The third-order valence-electron chi connectivity index (χ3n) is 3.61. The van der Waals surface area contributed by atoms with E-state index in [2.05, 4.69) is 20.8 Å². The fourth-order valence-electron chi connectivity index (χ4n) is 2.49. The number of tetrazole rings is 1. The number of aryl methyl sites for hydroxylation is 2. The summed E-state index contributed by atoms with van der Waals surface area (Å²) in [5, 5.41) is 25.2. The maximum absolute atomic E-state index is 11.3. The number of anilines is 1. The van der Waals surface area contributed by atoms with Crippen LogP contribution in [-0.4, -0.2) is 25.1 Å². The van der Waals surface area contributed by atoms with Crippen LogP contribution in [0.25, 0.3) is 0 Å². The fourth-order valence-corrected chi connectivity index (χ4v) is 2.49. The molecule has 0 saturated heterocycles. The molecule has 0 bridgehead atoms. The number of nitro groups is 1. The summed E-state index contributed by atoms with van der Waals surface area (Å²) in [5.74, 6) is 0.404. The molecule has 1 atom stereocenters. The minimum absolute atomic E-state index is 0.0399. The molecule has 0 aromatic carbocycles. The minimum Gasteiger partial charge on any atom is -0.324 e. The molecular weight excluding hydrogens is 274 g/mol. The first kappa shape index (κ1) is 13.2. The Balaban J connectivity index is 2.04. The van der Waals surface area contributed by atoms with Crippen molar-refractivity contribution in [3.05, 3.63) is 51.6 Å². The molecule has 108 valence electrons. The second-order valence-electron chi connectivity index (χ2n) is 4.89. The van der Waals surface area contributed by atoms with E-state index < -0.39 is 11.0 Å². The Kier molecular flexibility index (Phi) is 3.09. The largest absolute Gasteiger partial charge is 0.324 e. The number of nitrogens with zero attached hydrogens (tertiary/aromatic N) is 6. The SMILES string of the molecule is Cc1ccc[n+](C)c1CC1C([N+](=O)[O-])=CNc2nnnn21. The maximum Gasteiger partial charge on any atom is 0.287 e. The van der Waals surface area contributed by atoms with Gasteiger partial charge in [-0.2, -0.15) is 4.68 Å². The number of rotatable bonds is 3. The molecule has 0 fully saturated rings. The smallest absolute Gasteiger partial charge is 0.287 e. The van der Waals surface area contributed by atoms with Gasteiger partial charge in [-0.1, -0.05) is 5.10 Å². The van der Waals surface area contributed by atoms with Gasteiger partial charge in [0.1, 0.15) is 7.05 Å². The van der Waals surface area contributed by atoms with E-state index in [0.717, 1.165) is 11.3 Å². The number of aromatic nitrogens is 5. The van der Waals surface area contributed by atoms with E-state index in [1.165, 1.54) is 10.9 Å². The first-order valence-electron chi connectivity index (χ1n) is 6.41. The van der Waals surface area contributed by atoms with Gasteiger partial charge in [0.25, 0.3) is 5.70 Å². The Hall–Kier alpha value is -2.84. The highest BCUT2D eigenvalue weighted by atomic mass is 16.6. The minimum atomic E-state index is -0.543. The number of nitrogens with one attached hydrogen (secondary N) is 1. The predicted molar refractivity (Wildman–Crippen MR) is 71.6 cm³/mol. The van der Waals surface area contributed by atoms with Gasteiger partial charge in [-0.25, -0.2) is 4.57 Å². The second-order valence-corrected chi connectivity index (χ2v) is 4.89. The van der Waals surface area contributed by atoms with E-state index in [-0.39, 0.29) is 5.70 Å². The molecule has 21 heavy (non-hydrogen) atoms. The Morgan fingerprint density at radius 3 is 3.10 bits per heavy atom. The lowest BCUT2D eigenvalue weighted by molar-refractivity contribution is -0.679. The normalized spacial score (nSPS) is 16.9. The van der Waals surface area contributed by atoms with Crippen LogP contribution in [0.1, 0.15) is 17.3 Å². The van der Waals surface area contributed by atoms with Gasteiger partial charge in [0.15, 0.2) is 17.9 Å². The molecule has 0 spiro atoms. The summed E-state index contributed by atoms with van der Waals surface area (Å²) in [6.45, 7) is 1.98. The first-order valence-corrected chi connectivity index (χ1v) is 6.41. The number of hydrogen-bond acceptors (Lipinski definition) is 6. The Labute approximate surface area is 120 Å². The maximum atomic E-state index is 11.3. The second kappa shape index (κ2) is 4.93. The molecule has 0 saturated carbocycles. The molecular formula is C12H14N7O2+. The Morgan fingerprint density at radius 2 is 2.38 bits per heavy atom. The molecule has 9 nitrogen and oxygen atoms in total. The van der Waals surface area contributed by atoms with Crippen LogP contribution in [0.5, 0.6) is 0 Å². The van der Waals surface area contributed by atoms with Crippen molar-refractivity contribution in [2.24, 2.45) is 7.05 Å². The summed E-state index contributed by atoms with van der Waals surface area (Å²) >= 11 is 0. The summed E-state index contributed by atoms with van der Waals surface area (Å²) in [7, 11) is 1.92. The first-order chi connectivity index (χ1) is 10.1. The van der Waals surface area contributed by atoms with Gasteiger partial charge in [0.2, 0.25) is 5.95 Å². The van der Waals surface area contributed by atoms with E-state index in [1.54, 1.807) is 0 Å². The molecule has 1 aliphatic rings. The molecule has 2 aromatic heterocycles. The van der Waals surface area contributed by atoms with Crippen molar-refractivity contribution in [1.82, 2.24) is 20.2 Å². The number of fused-ring (bicyclic) bond motifs is 1. The van der Waals surface area contributed by atoms with Crippen molar-refractivity contribution in [3.8, 4) is 0 Å². The van der Waals surface area contributed by atoms with Crippen LogP contribution < -0.4 is 9.88 Å². The Bertz CT molecular complexity index is 717. The highest BCUT2D eigenvalue weighted by molar-refractivity contribution is 5.34. The van der Waals surface area contributed by atoms with Crippen molar-refractivity contribution in [2.75, 3.05) is 5.32 Å². The average Bonchev–Trinajstić information content (AvgIpc) is 2.91. The van der Waals surface area contributed by atoms with E-state index in [1.807, 2.05) is 36.9 Å². The van der Waals surface area contributed by atoms with Gasteiger partial charge >= 0.3 is 0 Å². The van der Waals surface area contributed by atoms with E-state index in [4.69, 9.17) is 0 Å². The summed E-state index contributed by atoms with van der Waals surface area (Å²) in [6.07, 6.45) is 3.71. The van der Waals surface area contributed by atoms with Crippen molar-refractivity contribution in [1.29, 1.82) is 0 Å². The van der Waals surface area contributed by atoms with Crippen LogP contribution in [0, 0.1) is 17.0 Å². The van der Waals surface area contributed by atoms with Crippen LogP contribution in [0.4, 0.5) is 5.95 Å². The highest BCUT2D eigenvalue weighted by Crippen LogP contribution is 2.28. The number of hydrogen-bond donors (Lipinski definition) is 1. The lowest BCUT2D eigenvalue weighted by Gasteiger charge is -2.19. The Morgan fingerprint density at radius 1 is 1.57 bits per heavy atom.